The number of hydrogen-bond acceptors (Lipinski definition) is 5. The highest BCUT2D eigenvalue weighted by Gasteiger charge is 2.17. The SMILES string of the molecule is COc1cc(C(=O)NCCC(=O)O)cc(NC(C)=O)c1OC. The zero-order valence-electron chi connectivity index (χ0n) is 12.6. The number of nitrogens with one attached hydrogen (secondary N) is 2. The molecule has 0 atom stereocenters. The molecule has 8 heteroatoms. The summed E-state index contributed by atoms with van der Waals surface area (Å²) in [5, 5.41) is 13.6. The van der Waals surface area contributed by atoms with Gasteiger partial charge in [0.25, 0.3) is 5.91 Å². The Morgan fingerprint density at radius 3 is 2.36 bits per heavy atom. The minimum absolute atomic E-state index is 0.00200. The number of rotatable bonds is 7. The van der Waals surface area contributed by atoms with Crippen molar-refractivity contribution in [3.8, 4) is 11.5 Å². The third-order valence-electron chi connectivity index (χ3n) is 2.68. The van der Waals surface area contributed by atoms with E-state index < -0.39 is 11.9 Å². The van der Waals surface area contributed by atoms with Crippen molar-refractivity contribution < 1.29 is 29.0 Å². The normalized spacial score (nSPS) is 9.77. The number of carboxylic acids is 1. The van der Waals surface area contributed by atoms with Crippen LogP contribution in [0.25, 0.3) is 0 Å². The van der Waals surface area contributed by atoms with E-state index in [0.29, 0.717) is 5.75 Å². The summed E-state index contributed by atoms with van der Waals surface area (Å²) in [4.78, 5) is 33.7. The second-order valence-electron chi connectivity index (χ2n) is 4.34. The van der Waals surface area contributed by atoms with Crippen LogP contribution in [0, 0.1) is 0 Å². The molecule has 0 saturated carbocycles. The Bertz CT molecular complexity index is 585. The van der Waals surface area contributed by atoms with Gasteiger partial charge in [0.15, 0.2) is 11.5 Å². The van der Waals surface area contributed by atoms with Gasteiger partial charge in [-0.1, -0.05) is 0 Å². The summed E-state index contributed by atoms with van der Waals surface area (Å²) in [5.41, 5.74) is 0.504. The summed E-state index contributed by atoms with van der Waals surface area (Å²) < 4.78 is 10.3. The molecule has 8 nitrogen and oxygen atoms in total. The number of hydrogen-bond donors (Lipinski definition) is 3. The average Bonchev–Trinajstić information content (AvgIpc) is 2.45. The van der Waals surface area contributed by atoms with Gasteiger partial charge < -0.3 is 25.2 Å². The molecule has 0 unspecified atom stereocenters. The highest BCUT2D eigenvalue weighted by Crippen LogP contribution is 2.36. The second-order valence-corrected chi connectivity index (χ2v) is 4.34. The topological polar surface area (TPSA) is 114 Å². The summed E-state index contributed by atoms with van der Waals surface area (Å²) in [7, 11) is 2.82. The van der Waals surface area contributed by atoms with E-state index in [1.54, 1.807) is 0 Å². The first-order valence-corrected chi connectivity index (χ1v) is 6.42. The fourth-order valence-corrected chi connectivity index (χ4v) is 1.76. The van der Waals surface area contributed by atoms with Gasteiger partial charge in [-0.2, -0.15) is 0 Å². The van der Waals surface area contributed by atoms with E-state index in [4.69, 9.17) is 14.6 Å². The molecular weight excluding hydrogens is 292 g/mol. The first-order valence-electron chi connectivity index (χ1n) is 6.42. The predicted octanol–water partition coefficient (Wildman–Crippen LogP) is 0.867. The monoisotopic (exact) mass is 310 g/mol. The first-order chi connectivity index (χ1) is 10.4. The number of amides is 2. The van der Waals surface area contributed by atoms with Gasteiger partial charge in [-0.05, 0) is 12.1 Å². The summed E-state index contributed by atoms with van der Waals surface area (Å²) in [6, 6.07) is 2.87. The smallest absolute Gasteiger partial charge is 0.305 e. The van der Waals surface area contributed by atoms with E-state index in [9.17, 15) is 14.4 Å². The van der Waals surface area contributed by atoms with Gasteiger partial charge >= 0.3 is 5.97 Å². The molecule has 0 radical (unpaired) electrons. The van der Waals surface area contributed by atoms with Gasteiger partial charge in [0.05, 0.1) is 26.3 Å². The molecule has 1 aromatic rings. The number of ether oxygens (including phenoxy) is 2. The maximum Gasteiger partial charge on any atom is 0.305 e. The molecule has 0 aliphatic heterocycles. The summed E-state index contributed by atoms with van der Waals surface area (Å²) >= 11 is 0. The van der Waals surface area contributed by atoms with Crippen LogP contribution in [-0.4, -0.2) is 43.7 Å². The Morgan fingerprint density at radius 1 is 1.18 bits per heavy atom. The fraction of sp³-hybridized carbons (Fsp3) is 0.357. The average molecular weight is 310 g/mol. The third kappa shape index (κ3) is 4.65. The molecule has 0 bridgehead atoms. The zero-order chi connectivity index (χ0) is 16.7. The van der Waals surface area contributed by atoms with Crippen molar-refractivity contribution in [3.63, 3.8) is 0 Å². The number of benzene rings is 1. The van der Waals surface area contributed by atoms with E-state index in [1.807, 2.05) is 0 Å². The van der Waals surface area contributed by atoms with Crippen molar-refractivity contribution in [3.05, 3.63) is 17.7 Å². The van der Waals surface area contributed by atoms with E-state index in [1.165, 1.54) is 33.3 Å². The molecule has 0 spiro atoms. The van der Waals surface area contributed by atoms with Crippen molar-refractivity contribution in [1.82, 2.24) is 5.32 Å². The van der Waals surface area contributed by atoms with E-state index in [-0.39, 0.29) is 35.9 Å². The second kappa shape index (κ2) is 7.87. The van der Waals surface area contributed by atoms with E-state index in [2.05, 4.69) is 10.6 Å². The quantitative estimate of drug-likeness (QED) is 0.688. The molecule has 2 amide bonds. The Balaban J connectivity index is 3.06. The lowest BCUT2D eigenvalue weighted by Crippen LogP contribution is -2.26. The zero-order valence-corrected chi connectivity index (χ0v) is 12.6. The fourth-order valence-electron chi connectivity index (χ4n) is 1.76. The molecule has 1 aromatic carbocycles. The van der Waals surface area contributed by atoms with Crippen LogP contribution in [0.4, 0.5) is 5.69 Å². The predicted molar refractivity (Wildman–Crippen MR) is 78.4 cm³/mol. The molecule has 0 aromatic heterocycles. The highest BCUT2D eigenvalue weighted by molar-refractivity contribution is 5.99. The van der Waals surface area contributed by atoms with Crippen LogP contribution in [0.15, 0.2) is 12.1 Å². The van der Waals surface area contributed by atoms with E-state index in [0.717, 1.165) is 0 Å². The van der Waals surface area contributed by atoms with Gasteiger partial charge in [-0.3, -0.25) is 14.4 Å². The molecule has 0 aliphatic carbocycles. The van der Waals surface area contributed by atoms with E-state index >= 15 is 0 Å². The van der Waals surface area contributed by atoms with Crippen molar-refractivity contribution in [2.45, 2.75) is 13.3 Å². The number of aliphatic carboxylic acids is 1. The van der Waals surface area contributed by atoms with Crippen LogP contribution in [0.1, 0.15) is 23.7 Å². The van der Waals surface area contributed by atoms with Crippen LogP contribution < -0.4 is 20.1 Å². The highest BCUT2D eigenvalue weighted by atomic mass is 16.5. The number of methoxy groups -OCH3 is 2. The Morgan fingerprint density at radius 2 is 1.86 bits per heavy atom. The van der Waals surface area contributed by atoms with Gasteiger partial charge in [0.1, 0.15) is 0 Å². The van der Waals surface area contributed by atoms with Gasteiger partial charge in [0.2, 0.25) is 5.91 Å². The lowest BCUT2D eigenvalue weighted by molar-refractivity contribution is -0.136. The summed E-state index contributed by atoms with van der Waals surface area (Å²) in [6.07, 6.45) is -0.183. The molecule has 0 saturated heterocycles. The van der Waals surface area contributed by atoms with Crippen LogP contribution in [0.2, 0.25) is 0 Å². The van der Waals surface area contributed by atoms with Gasteiger partial charge in [-0.25, -0.2) is 0 Å². The molecule has 0 fully saturated rings. The summed E-state index contributed by atoms with van der Waals surface area (Å²) in [6.45, 7) is 1.32. The Labute approximate surface area is 127 Å². The molecule has 120 valence electrons. The molecular formula is C14H18N2O6. The molecule has 0 aliphatic rings. The third-order valence-corrected chi connectivity index (χ3v) is 2.68. The molecule has 1 rings (SSSR count). The van der Waals surface area contributed by atoms with Crippen molar-refractivity contribution >= 4 is 23.5 Å². The van der Waals surface area contributed by atoms with Crippen molar-refractivity contribution in [2.24, 2.45) is 0 Å². The van der Waals surface area contributed by atoms with Crippen LogP contribution in [0.5, 0.6) is 11.5 Å². The number of anilines is 1. The van der Waals surface area contributed by atoms with Crippen molar-refractivity contribution in [2.75, 3.05) is 26.1 Å². The largest absolute Gasteiger partial charge is 0.493 e. The first kappa shape index (κ1) is 17.3. The number of carboxylic acid groups (broad SMARTS) is 1. The maximum atomic E-state index is 12.0. The standard InChI is InChI=1S/C14H18N2O6/c1-8(17)16-10-6-9(7-11(21-2)13(10)22-3)14(20)15-5-4-12(18)19/h6-7H,4-5H2,1-3H3,(H,15,20)(H,16,17)(H,18,19). The number of carbonyl (C=O) groups excluding carboxylic acids is 2. The minimum Gasteiger partial charge on any atom is -0.493 e. The summed E-state index contributed by atoms with van der Waals surface area (Å²) in [5.74, 6) is -1.25. The minimum atomic E-state index is -1.01. The van der Waals surface area contributed by atoms with Crippen LogP contribution in [-0.2, 0) is 9.59 Å². The maximum absolute atomic E-state index is 12.0. The molecule has 22 heavy (non-hydrogen) atoms. The van der Waals surface area contributed by atoms with Crippen LogP contribution >= 0.6 is 0 Å². The van der Waals surface area contributed by atoms with Crippen LogP contribution in [0.3, 0.4) is 0 Å². The number of carbonyl (C=O) groups is 3. The Kier molecular flexibility index (Phi) is 6.18. The lowest BCUT2D eigenvalue weighted by atomic mass is 10.1. The van der Waals surface area contributed by atoms with Gasteiger partial charge in [-0.15, -0.1) is 0 Å². The molecule has 0 heterocycles. The van der Waals surface area contributed by atoms with Gasteiger partial charge in [0, 0.05) is 19.0 Å². The molecule has 3 N–H and O–H groups in total. The van der Waals surface area contributed by atoms with Crippen molar-refractivity contribution in [1.29, 1.82) is 0 Å². The lowest BCUT2D eigenvalue weighted by Gasteiger charge is -2.15. The Hall–Kier alpha value is -2.77.